The number of methoxy groups -OCH3 is 1. The third-order valence-electron chi connectivity index (χ3n) is 3.62. The molecule has 0 unspecified atom stereocenters. The summed E-state index contributed by atoms with van der Waals surface area (Å²) in [6, 6.07) is 2.38. The van der Waals surface area contributed by atoms with E-state index in [0.717, 1.165) is 23.9 Å². The fraction of sp³-hybridized carbons (Fsp3) is 0.294. The van der Waals surface area contributed by atoms with Gasteiger partial charge in [0.1, 0.15) is 22.2 Å². The molecule has 0 saturated carbocycles. The Hall–Kier alpha value is -2.75. The van der Waals surface area contributed by atoms with Crippen LogP contribution in [0.25, 0.3) is 0 Å². The van der Waals surface area contributed by atoms with E-state index in [0.29, 0.717) is 0 Å². The summed E-state index contributed by atoms with van der Waals surface area (Å²) in [5.41, 5.74) is -0.195. The Labute approximate surface area is 157 Å². The highest BCUT2D eigenvalue weighted by atomic mass is 32.2. The van der Waals surface area contributed by atoms with Gasteiger partial charge in [-0.2, -0.15) is 4.98 Å². The van der Waals surface area contributed by atoms with Gasteiger partial charge in [-0.3, -0.25) is 4.79 Å². The second-order valence-corrected chi connectivity index (χ2v) is 6.55. The normalized spacial score (nSPS) is 11.7. The highest BCUT2D eigenvalue weighted by molar-refractivity contribution is 8.00. The first kappa shape index (κ1) is 20.6. The van der Waals surface area contributed by atoms with E-state index in [2.05, 4.69) is 20.0 Å². The highest BCUT2D eigenvalue weighted by Crippen LogP contribution is 2.22. The number of halogens is 2. The lowest BCUT2D eigenvalue weighted by Crippen LogP contribution is -2.29. The van der Waals surface area contributed by atoms with E-state index in [1.165, 1.54) is 20.1 Å². The van der Waals surface area contributed by atoms with Crippen molar-refractivity contribution in [3.63, 3.8) is 0 Å². The van der Waals surface area contributed by atoms with Crippen LogP contribution in [0.2, 0.25) is 0 Å². The molecular formula is C17H17F2N3O4S. The third kappa shape index (κ3) is 5.13. The quantitative estimate of drug-likeness (QED) is 0.440. The first-order chi connectivity index (χ1) is 12.7. The van der Waals surface area contributed by atoms with Crippen LogP contribution in [0, 0.1) is 18.6 Å². The van der Waals surface area contributed by atoms with Crippen molar-refractivity contribution in [2.24, 2.45) is 0 Å². The molecular weight excluding hydrogens is 380 g/mol. The number of nitrogens with one attached hydrogen (secondary N) is 2. The third-order valence-corrected chi connectivity index (χ3v) is 4.60. The molecule has 0 aliphatic rings. The van der Waals surface area contributed by atoms with Crippen molar-refractivity contribution >= 4 is 23.6 Å². The molecule has 2 N–H and O–H groups in total. The molecule has 7 nitrogen and oxygen atoms in total. The fourth-order valence-electron chi connectivity index (χ4n) is 2.35. The highest BCUT2D eigenvalue weighted by Gasteiger charge is 2.20. The molecule has 0 bridgehead atoms. The molecule has 144 valence electrons. The number of hydrogen-bond acceptors (Lipinski definition) is 6. The van der Waals surface area contributed by atoms with Crippen molar-refractivity contribution in [1.29, 1.82) is 0 Å². The molecule has 1 heterocycles. The number of aryl methyl sites for hydroxylation is 1. The van der Waals surface area contributed by atoms with Crippen LogP contribution in [0.5, 0.6) is 0 Å². The van der Waals surface area contributed by atoms with Gasteiger partial charge < -0.3 is 15.0 Å². The van der Waals surface area contributed by atoms with E-state index in [1.807, 2.05) is 0 Å². The maximum absolute atomic E-state index is 13.8. The maximum atomic E-state index is 13.8. The summed E-state index contributed by atoms with van der Waals surface area (Å²) in [4.78, 5) is 41.6. The van der Waals surface area contributed by atoms with E-state index in [1.54, 1.807) is 6.92 Å². The number of carbonyl (C=O) groups is 2. The summed E-state index contributed by atoms with van der Waals surface area (Å²) < 4.78 is 31.4. The lowest BCUT2D eigenvalue weighted by atomic mass is 10.1. The standard InChI is InChI=1S/C17H17F2N3O4S/c1-8(11-5-4-10(18)6-12(11)19)20-13(23)7-27-15-14(16(24)26-3)9(2)21-17(25)22-15/h4-6,8H,7H2,1-3H3,(H,20,23)(H,21,22,25)/t8-/m0/s1. The van der Waals surface area contributed by atoms with Crippen LogP contribution in [0.1, 0.15) is 34.6 Å². The SMILES string of the molecule is COC(=O)c1c(SCC(=O)N[C@@H](C)c2ccc(F)cc2F)nc(=O)[nH]c1C. The molecule has 2 aromatic rings. The first-order valence-corrected chi connectivity index (χ1v) is 8.77. The summed E-state index contributed by atoms with van der Waals surface area (Å²) in [5.74, 6) is -2.83. The van der Waals surface area contributed by atoms with Gasteiger partial charge in [0.25, 0.3) is 0 Å². The zero-order valence-corrected chi connectivity index (χ0v) is 15.6. The van der Waals surface area contributed by atoms with E-state index >= 15 is 0 Å². The number of thioether (sulfide) groups is 1. The minimum atomic E-state index is -0.768. The second kappa shape index (κ2) is 8.76. The Bertz CT molecular complexity index is 933. The molecule has 0 aliphatic heterocycles. The van der Waals surface area contributed by atoms with E-state index in [-0.39, 0.29) is 27.6 Å². The van der Waals surface area contributed by atoms with Crippen LogP contribution in [-0.2, 0) is 9.53 Å². The summed E-state index contributed by atoms with van der Waals surface area (Å²) in [5, 5.41) is 2.62. The number of benzene rings is 1. The number of aromatic nitrogens is 2. The number of carbonyl (C=O) groups excluding carboxylic acids is 2. The van der Waals surface area contributed by atoms with Crippen LogP contribution in [-0.4, -0.2) is 34.7 Å². The molecule has 0 fully saturated rings. The van der Waals surface area contributed by atoms with Gasteiger partial charge in [0.15, 0.2) is 0 Å². The molecule has 2 rings (SSSR count). The molecule has 27 heavy (non-hydrogen) atoms. The first-order valence-electron chi connectivity index (χ1n) is 7.79. The summed E-state index contributed by atoms with van der Waals surface area (Å²) in [6.45, 7) is 3.06. The van der Waals surface area contributed by atoms with Crippen molar-refractivity contribution in [2.45, 2.75) is 24.9 Å². The van der Waals surface area contributed by atoms with Crippen LogP contribution >= 0.6 is 11.8 Å². The van der Waals surface area contributed by atoms with E-state index < -0.39 is 35.2 Å². The molecule has 1 aromatic carbocycles. The minimum Gasteiger partial charge on any atom is -0.465 e. The van der Waals surface area contributed by atoms with Gasteiger partial charge in [-0.25, -0.2) is 18.4 Å². The smallest absolute Gasteiger partial charge is 0.346 e. The van der Waals surface area contributed by atoms with Crippen molar-refractivity contribution in [3.8, 4) is 0 Å². The molecule has 1 amide bonds. The van der Waals surface area contributed by atoms with Crippen LogP contribution in [0.3, 0.4) is 0 Å². The lowest BCUT2D eigenvalue weighted by molar-refractivity contribution is -0.119. The van der Waals surface area contributed by atoms with Crippen LogP contribution < -0.4 is 11.0 Å². The predicted molar refractivity (Wildman–Crippen MR) is 94.6 cm³/mol. The number of aromatic amines is 1. The molecule has 0 aliphatic carbocycles. The van der Waals surface area contributed by atoms with E-state index in [4.69, 9.17) is 0 Å². The van der Waals surface area contributed by atoms with Gasteiger partial charge in [0.05, 0.1) is 18.9 Å². The summed E-state index contributed by atoms with van der Waals surface area (Å²) >= 11 is 0.873. The van der Waals surface area contributed by atoms with Crippen molar-refractivity contribution < 1.29 is 23.1 Å². The Morgan fingerprint density at radius 3 is 2.70 bits per heavy atom. The number of rotatable bonds is 6. The number of hydrogen-bond donors (Lipinski definition) is 2. The average molecular weight is 397 g/mol. The Balaban J connectivity index is 2.09. The van der Waals surface area contributed by atoms with Gasteiger partial charge in [0, 0.05) is 17.3 Å². The van der Waals surface area contributed by atoms with Crippen LogP contribution in [0.4, 0.5) is 8.78 Å². The molecule has 0 radical (unpaired) electrons. The number of amides is 1. The van der Waals surface area contributed by atoms with Gasteiger partial charge in [-0.15, -0.1) is 0 Å². The number of H-pyrrole nitrogens is 1. The Morgan fingerprint density at radius 1 is 1.37 bits per heavy atom. The monoisotopic (exact) mass is 397 g/mol. The molecule has 0 saturated heterocycles. The van der Waals surface area contributed by atoms with Gasteiger partial charge in [-0.05, 0) is 19.9 Å². The zero-order valence-electron chi connectivity index (χ0n) is 14.8. The van der Waals surface area contributed by atoms with E-state index in [9.17, 15) is 23.2 Å². The lowest BCUT2D eigenvalue weighted by Gasteiger charge is -2.15. The number of esters is 1. The maximum Gasteiger partial charge on any atom is 0.346 e. The fourth-order valence-corrected chi connectivity index (χ4v) is 3.23. The van der Waals surface area contributed by atoms with Crippen molar-refractivity contribution in [2.75, 3.05) is 12.9 Å². The second-order valence-electron chi connectivity index (χ2n) is 5.58. The van der Waals surface area contributed by atoms with Gasteiger partial charge >= 0.3 is 11.7 Å². The molecule has 1 aromatic heterocycles. The largest absolute Gasteiger partial charge is 0.465 e. The number of nitrogens with zero attached hydrogens (tertiary/aromatic N) is 1. The average Bonchev–Trinajstić information content (AvgIpc) is 2.58. The zero-order chi connectivity index (χ0) is 20.1. The van der Waals surface area contributed by atoms with Crippen molar-refractivity contribution in [3.05, 3.63) is 57.1 Å². The Morgan fingerprint density at radius 2 is 2.07 bits per heavy atom. The number of ether oxygens (including phenoxy) is 1. The van der Waals surface area contributed by atoms with Gasteiger partial charge in [-0.1, -0.05) is 17.8 Å². The summed E-state index contributed by atoms with van der Waals surface area (Å²) in [7, 11) is 1.19. The summed E-state index contributed by atoms with van der Waals surface area (Å²) in [6.07, 6.45) is 0. The molecule has 0 spiro atoms. The Kier molecular flexibility index (Phi) is 6.67. The van der Waals surface area contributed by atoms with Crippen molar-refractivity contribution in [1.82, 2.24) is 15.3 Å². The topological polar surface area (TPSA) is 101 Å². The predicted octanol–water partition coefficient (Wildman–Crippen LogP) is 2.11. The van der Waals surface area contributed by atoms with Crippen LogP contribution in [0.15, 0.2) is 28.0 Å². The van der Waals surface area contributed by atoms with Gasteiger partial charge in [0.2, 0.25) is 5.91 Å². The minimum absolute atomic E-state index is 0.0545. The molecule has 10 heteroatoms. The molecule has 1 atom stereocenters.